The summed E-state index contributed by atoms with van der Waals surface area (Å²) in [7, 11) is 0. The number of pyridine rings is 1. The molecule has 0 saturated heterocycles. The fourth-order valence-corrected chi connectivity index (χ4v) is 1.96. The molecule has 1 heterocycles. The summed E-state index contributed by atoms with van der Waals surface area (Å²) >= 11 is 17.8. The second-order valence-corrected chi connectivity index (χ2v) is 5.39. The maximum absolute atomic E-state index is 9.26. The molecule has 0 aliphatic carbocycles. The Morgan fingerprint density at radius 1 is 1.44 bits per heavy atom. The van der Waals surface area contributed by atoms with Gasteiger partial charge in [-0.3, -0.25) is 0 Å². The van der Waals surface area contributed by atoms with Gasteiger partial charge in [0.25, 0.3) is 0 Å². The smallest absolute Gasteiger partial charge is 0.148 e. The van der Waals surface area contributed by atoms with E-state index in [4.69, 9.17) is 40.5 Å². The molecule has 90 valence electrons. The van der Waals surface area contributed by atoms with Crippen molar-refractivity contribution in [2.24, 2.45) is 11.1 Å². The van der Waals surface area contributed by atoms with Gasteiger partial charge in [-0.1, -0.05) is 48.7 Å². The van der Waals surface area contributed by atoms with E-state index in [1.54, 1.807) is 0 Å². The van der Waals surface area contributed by atoms with E-state index in [-0.39, 0.29) is 16.8 Å². The zero-order chi connectivity index (χ0) is 12.5. The van der Waals surface area contributed by atoms with E-state index in [0.29, 0.717) is 10.6 Å². The molecule has 0 spiro atoms. The molecule has 1 atom stereocenters. The van der Waals surface area contributed by atoms with Gasteiger partial charge in [-0.05, 0) is 0 Å². The minimum absolute atomic E-state index is 0.0826. The molecule has 0 bridgehead atoms. The second kappa shape index (κ2) is 5.07. The van der Waals surface area contributed by atoms with Crippen molar-refractivity contribution < 1.29 is 5.11 Å². The van der Waals surface area contributed by atoms with Crippen molar-refractivity contribution in [2.75, 3.05) is 6.61 Å². The van der Waals surface area contributed by atoms with Crippen LogP contribution in [-0.2, 0) is 0 Å². The number of hydrogen-bond donors (Lipinski definition) is 2. The van der Waals surface area contributed by atoms with Crippen LogP contribution < -0.4 is 5.73 Å². The van der Waals surface area contributed by atoms with Gasteiger partial charge >= 0.3 is 0 Å². The van der Waals surface area contributed by atoms with Gasteiger partial charge in [-0.2, -0.15) is 0 Å². The summed E-state index contributed by atoms with van der Waals surface area (Å²) in [4.78, 5) is 3.81. The number of aliphatic hydroxyl groups excluding tert-OH is 1. The number of nitrogens with two attached hydrogens (primary N) is 1. The molecule has 1 aromatic heterocycles. The van der Waals surface area contributed by atoms with Crippen LogP contribution >= 0.6 is 34.8 Å². The van der Waals surface area contributed by atoms with Gasteiger partial charge < -0.3 is 10.8 Å². The maximum Gasteiger partial charge on any atom is 0.148 e. The van der Waals surface area contributed by atoms with Crippen LogP contribution in [0.5, 0.6) is 0 Å². The van der Waals surface area contributed by atoms with Crippen LogP contribution in [0.1, 0.15) is 25.5 Å². The molecule has 1 aromatic rings. The number of halogens is 3. The van der Waals surface area contributed by atoms with Gasteiger partial charge in [-0.25, -0.2) is 4.98 Å². The number of rotatable bonds is 3. The third-order valence-corrected chi connectivity index (χ3v) is 3.59. The van der Waals surface area contributed by atoms with E-state index in [9.17, 15) is 5.11 Å². The molecular formula is C10H13Cl3N2O. The summed E-state index contributed by atoms with van der Waals surface area (Å²) < 4.78 is 0. The van der Waals surface area contributed by atoms with Gasteiger partial charge in [-0.15, -0.1) is 0 Å². The highest BCUT2D eigenvalue weighted by Crippen LogP contribution is 2.40. The summed E-state index contributed by atoms with van der Waals surface area (Å²) in [5.41, 5.74) is 6.01. The first-order valence-electron chi connectivity index (χ1n) is 4.67. The molecule has 0 radical (unpaired) electrons. The van der Waals surface area contributed by atoms with Crippen molar-refractivity contribution in [1.82, 2.24) is 4.98 Å². The average molecular weight is 284 g/mol. The Hall–Kier alpha value is -0.0600. The highest BCUT2D eigenvalue weighted by Gasteiger charge is 2.31. The SMILES string of the molecule is CC(C)(CO)[C@H](N)c1c(Cl)cnc(Cl)c1Cl. The van der Waals surface area contributed by atoms with Gasteiger partial charge in [0.1, 0.15) is 5.15 Å². The molecular weight excluding hydrogens is 270 g/mol. The number of hydrogen-bond acceptors (Lipinski definition) is 3. The van der Waals surface area contributed by atoms with Crippen LogP contribution in [0.2, 0.25) is 15.2 Å². The molecule has 0 amide bonds. The fraction of sp³-hybridized carbons (Fsp3) is 0.500. The van der Waals surface area contributed by atoms with E-state index < -0.39 is 11.5 Å². The molecule has 0 unspecified atom stereocenters. The average Bonchev–Trinajstić information content (AvgIpc) is 2.24. The van der Waals surface area contributed by atoms with Crippen molar-refractivity contribution in [2.45, 2.75) is 19.9 Å². The van der Waals surface area contributed by atoms with E-state index in [2.05, 4.69) is 4.98 Å². The largest absolute Gasteiger partial charge is 0.396 e. The lowest BCUT2D eigenvalue weighted by Crippen LogP contribution is -2.33. The third-order valence-electron chi connectivity index (χ3n) is 2.53. The molecule has 0 aromatic carbocycles. The first-order valence-corrected chi connectivity index (χ1v) is 5.80. The highest BCUT2D eigenvalue weighted by atomic mass is 35.5. The van der Waals surface area contributed by atoms with Gasteiger partial charge in [0.2, 0.25) is 0 Å². The third kappa shape index (κ3) is 2.60. The van der Waals surface area contributed by atoms with Crippen LogP contribution in [0.3, 0.4) is 0 Å². The number of aliphatic hydroxyl groups is 1. The second-order valence-electron chi connectivity index (χ2n) is 4.25. The standard InChI is InChI=1S/C10H13Cl3N2O/c1-10(2,4-16)8(14)6-5(11)3-15-9(13)7(6)12/h3,8,16H,4,14H2,1-2H3/t8-/m1/s1. The minimum Gasteiger partial charge on any atom is -0.396 e. The summed E-state index contributed by atoms with van der Waals surface area (Å²) in [5.74, 6) is 0. The Bertz CT molecular complexity index is 396. The predicted octanol–water partition coefficient (Wildman–Crippen LogP) is 3.06. The van der Waals surface area contributed by atoms with E-state index >= 15 is 0 Å². The van der Waals surface area contributed by atoms with E-state index in [0.717, 1.165) is 0 Å². The molecule has 16 heavy (non-hydrogen) atoms. The first kappa shape index (κ1) is 14.0. The van der Waals surface area contributed by atoms with Crippen molar-refractivity contribution >= 4 is 34.8 Å². The van der Waals surface area contributed by atoms with Crippen LogP contribution in [0, 0.1) is 5.41 Å². The van der Waals surface area contributed by atoms with E-state index in [1.807, 2.05) is 13.8 Å². The van der Waals surface area contributed by atoms with Crippen molar-refractivity contribution in [3.8, 4) is 0 Å². The maximum atomic E-state index is 9.26. The predicted molar refractivity (Wildman–Crippen MR) is 67.1 cm³/mol. The Labute approximate surface area is 110 Å². The molecule has 1 rings (SSSR count). The summed E-state index contributed by atoms with van der Waals surface area (Å²) in [6.45, 7) is 3.55. The molecule has 6 heteroatoms. The quantitative estimate of drug-likeness (QED) is 0.838. The van der Waals surface area contributed by atoms with E-state index in [1.165, 1.54) is 6.20 Å². The Morgan fingerprint density at radius 2 is 2.00 bits per heavy atom. The Morgan fingerprint density at radius 3 is 2.50 bits per heavy atom. The Kier molecular flexibility index (Phi) is 4.43. The summed E-state index contributed by atoms with van der Waals surface area (Å²) in [6.07, 6.45) is 1.40. The summed E-state index contributed by atoms with van der Waals surface area (Å²) in [6, 6.07) is -0.516. The molecule has 0 saturated carbocycles. The highest BCUT2D eigenvalue weighted by molar-refractivity contribution is 6.43. The van der Waals surface area contributed by atoms with Crippen molar-refractivity contribution in [1.29, 1.82) is 0 Å². The van der Waals surface area contributed by atoms with Crippen LogP contribution in [0.25, 0.3) is 0 Å². The van der Waals surface area contributed by atoms with Crippen molar-refractivity contribution in [3.05, 3.63) is 27.0 Å². The number of aromatic nitrogens is 1. The molecule has 0 aliphatic heterocycles. The number of nitrogens with zero attached hydrogens (tertiary/aromatic N) is 1. The van der Waals surface area contributed by atoms with Crippen LogP contribution in [0.15, 0.2) is 6.20 Å². The normalized spacial score (nSPS) is 13.9. The topological polar surface area (TPSA) is 59.1 Å². The lowest BCUT2D eigenvalue weighted by molar-refractivity contribution is 0.132. The lowest BCUT2D eigenvalue weighted by Gasteiger charge is -2.30. The molecule has 0 fully saturated rings. The molecule has 0 aliphatic rings. The zero-order valence-corrected chi connectivity index (χ0v) is 11.2. The summed E-state index contributed by atoms with van der Waals surface area (Å²) in [5, 5.41) is 10.0. The molecule has 3 N–H and O–H groups in total. The van der Waals surface area contributed by atoms with Gasteiger partial charge in [0.15, 0.2) is 0 Å². The van der Waals surface area contributed by atoms with Gasteiger partial charge in [0, 0.05) is 29.8 Å². The fourth-order valence-electron chi connectivity index (χ4n) is 1.23. The van der Waals surface area contributed by atoms with Crippen LogP contribution in [-0.4, -0.2) is 16.7 Å². The molecule has 3 nitrogen and oxygen atoms in total. The first-order chi connectivity index (χ1) is 7.31. The zero-order valence-electron chi connectivity index (χ0n) is 8.97. The van der Waals surface area contributed by atoms with Crippen molar-refractivity contribution in [3.63, 3.8) is 0 Å². The minimum atomic E-state index is -0.544. The lowest BCUT2D eigenvalue weighted by atomic mass is 9.82. The Balaban J connectivity index is 3.28. The van der Waals surface area contributed by atoms with Gasteiger partial charge in [0.05, 0.1) is 10.0 Å². The van der Waals surface area contributed by atoms with Crippen LogP contribution in [0.4, 0.5) is 0 Å². The monoisotopic (exact) mass is 282 g/mol.